The number of hydrogen-bond donors (Lipinski definition) is 0. The van der Waals surface area contributed by atoms with Gasteiger partial charge in [-0.1, -0.05) is 115 Å². The summed E-state index contributed by atoms with van der Waals surface area (Å²) < 4.78 is 62.6. The summed E-state index contributed by atoms with van der Waals surface area (Å²) in [5.74, 6) is 0. The van der Waals surface area contributed by atoms with E-state index in [0.29, 0.717) is 0 Å². The van der Waals surface area contributed by atoms with E-state index in [0.717, 1.165) is 0 Å². The van der Waals surface area contributed by atoms with Crippen molar-refractivity contribution in [3.63, 3.8) is 0 Å². The van der Waals surface area contributed by atoms with Gasteiger partial charge in [-0.3, -0.25) is 0 Å². The molecule has 0 aliphatic heterocycles. The van der Waals surface area contributed by atoms with E-state index >= 15 is 0 Å². The van der Waals surface area contributed by atoms with Crippen molar-refractivity contribution < 1.29 is 38.1 Å². The van der Waals surface area contributed by atoms with Crippen LogP contribution in [0, 0.1) is 7.14 Å². The first kappa shape index (κ1) is 35.6. The van der Waals surface area contributed by atoms with E-state index in [-0.39, 0.29) is 21.2 Å². The Balaban J connectivity index is 0.000000905. The summed E-state index contributed by atoms with van der Waals surface area (Å²) in [6.07, 6.45) is 22.0. The van der Waals surface area contributed by atoms with Gasteiger partial charge in [-0.15, -0.1) is 0 Å². The summed E-state index contributed by atoms with van der Waals surface area (Å²) in [6.45, 7) is 4.58. The van der Waals surface area contributed by atoms with Crippen molar-refractivity contribution in [2.45, 2.75) is 117 Å². The molecule has 0 nitrogen and oxygen atoms in total. The van der Waals surface area contributed by atoms with E-state index in [4.69, 9.17) is 0 Å². The number of aryl methyl sites for hydroxylation is 2. The van der Waals surface area contributed by atoms with Crippen molar-refractivity contribution in [2.24, 2.45) is 0 Å². The summed E-state index contributed by atoms with van der Waals surface area (Å²) >= 11 is -11.3. The Morgan fingerprint density at radius 2 is 0.711 bits per heavy atom. The molecule has 0 radical (unpaired) electrons. The molecule has 2 aromatic carbocycles. The zero-order valence-corrected chi connectivity index (χ0v) is 27.7. The average Bonchev–Trinajstić information content (AvgIpc) is 2.83. The number of halogens is 7. The number of rotatable bonds is 18. The van der Waals surface area contributed by atoms with Crippen LogP contribution in [0.25, 0.3) is 0 Å². The van der Waals surface area contributed by atoms with Gasteiger partial charge >= 0.3 is 57.6 Å². The fourth-order valence-electron chi connectivity index (χ4n) is 4.13. The number of unbranched alkanes of at least 4 members (excludes halogenated alkanes) is 12. The molecule has 0 aromatic heterocycles. The van der Waals surface area contributed by atoms with Gasteiger partial charge in [0, 0.05) is 0 Å². The van der Waals surface area contributed by atoms with Crippen LogP contribution >= 0.6 is 0 Å². The molecule has 0 heterocycles. The summed E-state index contributed by atoms with van der Waals surface area (Å²) in [6, 6.07) is 19.0. The van der Waals surface area contributed by atoms with Crippen LogP contribution in [-0.2, 0) is 12.8 Å². The molecule has 8 heteroatoms. The number of hydrogen-bond acceptors (Lipinski definition) is 0. The van der Waals surface area contributed by atoms with Gasteiger partial charge in [0.15, 0.2) is 7.14 Å². The fourth-order valence-corrected chi connectivity index (χ4v) is 6.28. The van der Waals surface area contributed by atoms with Crippen LogP contribution < -0.4 is 21.2 Å². The van der Waals surface area contributed by atoms with Crippen molar-refractivity contribution >= 4 is 19.5 Å². The van der Waals surface area contributed by atoms with Crippen LogP contribution in [0.1, 0.15) is 115 Å². The Kier molecular flexibility index (Phi) is 16.3. The summed E-state index contributed by atoms with van der Waals surface area (Å²) in [7, 11) is 0. The maximum atomic E-state index is 9.93. The number of benzene rings is 2. The fraction of sp³-hybridized carbons (Fsp3) is 0.600. The van der Waals surface area contributed by atoms with Gasteiger partial charge in [-0.25, -0.2) is 0 Å². The average molecular weight is 769 g/mol. The minimum absolute atomic E-state index is 0.0486. The van der Waals surface area contributed by atoms with Gasteiger partial charge in [0.1, 0.15) is 0 Å². The van der Waals surface area contributed by atoms with Crippen LogP contribution in [0.2, 0.25) is 0 Å². The molecule has 0 bridgehead atoms. The molecule has 0 amide bonds. The Labute approximate surface area is 239 Å². The molecule has 0 N–H and O–H groups in total. The third-order valence-electron chi connectivity index (χ3n) is 6.18. The van der Waals surface area contributed by atoms with Crippen LogP contribution in [0.15, 0.2) is 48.5 Å². The molecule has 0 spiro atoms. The van der Waals surface area contributed by atoms with Crippen molar-refractivity contribution in [3.05, 3.63) is 66.8 Å². The second kappa shape index (κ2) is 17.4. The third kappa shape index (κ3) is 24.6. The molecule has 2 rings (SSSR count). The second-order valence-electron chi connectivity index (χ2n) is 10.0. The standard InChI is InChI=1S/C30H46I.6FH.Sb/c1-3-5-7-9-11-13-15-17-27-19-23-29(24-20-27)31-30-25-21-28(22-26-30)18-16-14-12-10-8-6-4-2;;;;;;;/h19-26H,3-18H2,1-2H3;6*1H;/q+1;;;;;;;+5/p-6. The van der Waals surface area contributed by atoms with E-state index in [2.05, 4.69) is 62.4 Å². The predicted octanol–water partition coefficient (Wildman–Crippen LogP) is 8.54. The molecular weight excluding hydrogens is 723 g/mol. The van der Waals surface area contributed by atoms with Crippen LogP contribution in [0.5, 0.6) is 0 Å². The minimum atomic E-state index is -11.2. The van der Waals surface area contributed by atoms with E-state index in [9.17, 15) is 16.9 Å². The molecule has 0 saturated heterocycles. The normalized spacial score (nSPS) is 13.4. The molecule has 38 heavy (non-hydrogen) atoms. The monoisotopic (exact) mass is 768 g/mol. The molecule has 0 aliphatic rings. The first-order valence-corrected chi connectivity index (χ1v) is 22.1. The zero-order valence-electron chi connectivity index (χ0n) is 23.0. The quantitative estimate of drug-likeness (QED) is 0.0618. The van der Waals surface area contributed by atoms with Crippen LogP contribution in [0.3, 0.4) is 0 Å². The molecule has 0 atom stereocenters. The van der Waals surface area contributed by atoms with Gasteiger partial charge in [-0.2, -0.15) is 0 Å². The zero-order chi connectivity index (χ0) is 28.4. The van der Waals surface area contributed by atoms with Crippen molar-refractivity contribution in [1.29, 1.82) is 0 Å². The Hall–Kier alpha value is -0.432. The molecule has 0 unspecified atom stereocenters. The van der Waals surface area contributed by atoms with E-state index in [1.807, 2.05) is 0 Å². The van der Waals surface area contributed by atoms with Gasteiger partial charge in [0.25, 0.3) is 0 Å². The van der Waals surface area contributed by atoms with Gasteiger partial charge in [0.05, 0.1) is 0 Å². The van der Waals surface area contributed by atoms with Crippen molar-refractivity contribution in [3.8, 4) is 0 Å². The van der Waals surface area contributed by atoms with Gasteiger partial charge in [0.2, 0.25) is 0 Å². The topological polar surface area (TPSA) is 0 Å². The molecule has 0 fully saturated rings. The van der Waals surface area contributed by atoms with Gasteiger partial charge < -0.3 is 0 Å². The summed E-state index contributed by atoms with van der Waals surface area (Å²) in [5.41, 5.74) is 3.04. The Morgan fingerprint density at radius 3 is 1.00 bits per heavy atom. The molecule has 220 valence electrons. The van der Waals surface area contributed by atoms with Crippen LogP contribution in [0.4, 0.5) is 16.9 Å². The van der Waals surface area contributed by atoms with E-state index in [1.165, 1.54) is 114 Å². The predicted molar refractivity (Wildman–Crippen MR) is 146 cm³/mol. The third-order valence-corrected chi connectivity index (χ3v) is 8.87. The van der Waals surface area contributed by atoms with E-state index in [1.54, 1.807) is 7.14 Å². The second-order valence-corrected chi connectivity index (χ2v) is 18.5. The first-order chi connectivity index (χ1) is 17.8. The molecule has 0 aliphatic carbocycles. The molecule has 2 aromatic rings. The Bertz CT molecular complexity index is 794. The summed E-state index contributed by atoms with van der Waals surface area (Å²) in [5, 5.41) is 0. The van der Waals surface area contributed by atoms with Crippen molar-refractivity contribution in [1.82, 2.24) is 0 Å². The molecule has 0 saturated carbocycles. The maximum absolute atomic E-state index is 11.2. The SMILES string of the molecule is CCCCCCCCCc1ccc([I+]c2ccc(CCCCCCCCC)cc2)cc1.[F][Sb-]([F])([F])([F])([F])[F]. The molecular formula is C30H46F6ISb. The summed E-state index contributed by atoms with van der Waals surface area (Å²) in [4.78, 5) is 0. The van der Waals surface area contributed by atoms with Gasteiger partial charge in [-0.05, 0) is 61.1 Å². The van der Waals surface area contributed by atoms with E-state index < -0.39 is 19.5 Å². The Morgan fingerprint density at radius 1 is 0.447 bits per heavy atom. The first-order valence-electron chi connectivity index (χ1n) is 14.2. The van der Waals surface area contributed by atoms with Crippen LogP contribution in [-0.4, -0.2) is 19.5 Å². The van der Waals surface area contributed by atoms with Crippen molar-refractivity contribution in [2.75, 3.05) is 0 Å².